The summed E-state index contributed by atoms with van der Waals surface area (Å²) in [5, 5.41) is 9.06. The number of aliphatic hydroxyl groups excluding tert-OH is 1. The molecule has 16 heavy (non-hydrogen) atoms. The summed E-state index contributed by atoms with van der Waals surface area (Å²) in [6, 6.07) is 0. The molecule has 1 heterocycles. The summed E-state index contributed by atoms with van der Waals surface area (Å²) in [5.74, 6) is 0.281. The standard InChI is InChI=1S/C11H23NO3S/c1-10(2)16(14,15)9-3-6-12-7-4-11(13)5-8-12/h10-11,13H,3-9H2,1-2H3. The van der Waals surface area contributed by atoms with Crippen molar-refractivity contribution in [1.29, 1.82) is 0 Å². The summed E-state index contributed by atoms with van der Waals surface area (Å²) in [7, 11) is -2.89. The zero-order valence-corrected chi connectivity index (χ0v) is 11.0. The summed E-state index contributed by atoms with van der Waals surface area (Å²) in [4.78, 5) is 2.24. The van der Waals surface area contributed by atoms with Crippen molar-refractivity contribution in [3.05, 3.63) is 0 Å². The number of aliphatic hydroxyl groups is 1. The molecule has 0 aliphatic carbocycles. The van der Waals surface area contributed by atoms with E-state index in [0.29, 0.717) is 6.42 Å². The number of nitrogens with zero attached hydrogens (tertiary/aromatic N) is 1. The van der Waals surface area contributed by atoms with E-state index in [1.165, 1.54) is 0 Å². The Morgan fingerprint density at radius 3 is 2.38 bits per heavy atom. The Kier molecular flexibility index (Phi) is 5.21. The summed E-state index contributed by atoms with van der Waals surface area (Å²) in [5.41, 5.74) is 0. The minimum absolute atomic E-state index is 0.157. The van der Waals surface area contributed by atoms with Gasteiger partial charge in [-0.2, -0.15) is 0 Å². The van der Waals surface area contributed by atoms with Crippen LogP contribution in [0, 0.1) is 0 Å². The first-order valence-electron chi connectivity index (χ1n) is 6.04. The molecule has 1 fully saturated rings. The topological polar surface area (TPSA) is 57.6 Å². The zero-order chi connectivity index (χ0) is 12.2. The van der Waals surface area contributed by atoms with E-state index in [1.807, 2.05) is 0 Å². The molecule has 1 rings (SSSR count). The van der Waals surface area contributed by atoms with Gasteiger partial charge in [0.15, 0.2) is 9.84 Å². The smallest absolute Gasteiger partial charge is 0.152 e. The van der Waals surface area contributed by atoms with Gasteiger partial charge >= 0.3 is 0 Å². The summed E-state index contributed by atoms with van der Waals surface area (Å²) < 4.78 is 23.1. The van der Waals surface area contributed by atoms with Crippen molar-refractivity contribution in [3.63, 3.8) is 0 Å². The molecule has 0 atom stereocenters. The molecule has 4 nitrogen and oxygen atoms in total. The Morgan fingerprint density at radius 2 is 1.88 bits per heavy atom. The lowest BCUT2D eigenvalue weighted by Crippen LogP contribution is -2.37. The summed E-state index contributed by atoms with van der Waals surface area (Å²) in [6.07, 6.45) is 2.18. The predicted molar refractivity (Wildman–Crippen MR) is 65.2 cm³/mol. The first-order chi connectivity index (χ1) is 7.42. The molecular formula is C11H23NO3S. The van der Waals surface area contributed by atoms with Gasteiger partial charge in [0.2, 0.25) is 0 Å². The fourth-order valence-electron chi connectivity index (χ4n) is 1.87. The lowest BCUT2D eigenvalue weighted by molar-refractivity contribution is 0.0828. The Morgan fingerprint density at radius 1 is 1.31 bits per heavy atom. The van der Waals surface area contributed by atoms with Crippen LogP contribution in [-0.2, 0) is 9.84 Å². The summed E-state index contributed by atoms with van der Waals surface area (Å²) >= 11 is 0. The van der Waals surface area contributed by atoms with Crippen molar-refractivity contribution in [3.8, 4) is 0 Å². The first kappa shape index (κ1) is 13.9. The third-order valence-electron chi connectivity index (χ3n) is 3.18. The van der Waals surface area contributed by atoms with Crippen molar-refractivity contribution in [2.75, 3.05) is 25.4 Å². The van der Waals surface area contributed by atoms with Gasteiger partial charge in [0.25, 0.3) is 0 Å². The second-order valence-electron chi connectivity index (χ2n) is 4.84. The maximum atomic E-state index is 11.6. The summed E-state index contributed by atoms with van der Waals surface area (Å²) in [6.45, 7) is 6.07. The van der Waals surface area contributed by atoms with Gasteiger partial charge in [-0.15, -0.1) is 0 Å². The number of sulfone groups is 1. The minimum atomic E-state index is -2.89. The van der Waals surface area contributed by atoms with Crippen LogP contribution in [0.25, 0.3) is 0 Å². The molecule has 5 heteroatoms. The lowest BCUT2D eigenvalue weighted by Gasteiger charge is -2.29. The molecular weight excluding hydrogens is 226 g/mol. The third kappa shape index (κ3) is 4.39. The zero-order valence-electron chi connectivity index (χ0n) is 10.2. The van der Waals surface area contributed by atoms with E-state index in [1.54, 1.807) is 13.8 Å². The lowest BCUT2D eigenvalue weighted by atomic mass is 10.1. The number of hydrogen-bond donors (Lipinski definition) is 1. The molecule has 1 aliphatic rings. The Labute approximate surface area is 98.6 Å². The molecule has 1 saturated heterocycles. The second kappa shape index (κ2) is 5.98. The van der Waals surface area contributed by atoms with Crippen LogP contribution in [0.15, 0.2) is 0 Å². The SMILES string of the molecule is CC(C)S(=O)(=O)CCCN1CCC(O)CC1. The molecule has 0 amide bonds. The highest BCUT2D eigenvalue weighted by molar-refractivity contribution is 7.91. The predicted octanol–water partition coefficient (Wildman–Crippen LogP) is 0.656. The number of likely N-dealkylation sites (tertiary alicyclic amines) is 1. The van der Waals surface area contributed by atoms with Crippen molar-refractivity contribution < 1.29 is 13.5 Å². The highest BCUT2D eigenvalue weighted by Crippen LogP contribution is 2.11. The molecule has 0 aromatic heterocycles. The molecule has 1 N–H and O–H groups in total. The van der Waals surface area contributed by atoms with Gasteiger partial charge in [-0.3, -0.25) is 0 Å². The average Bonchev–Trinajstić information content (AvgIpc) is 2.20. The van der Waals surface area contributed by atoms with E-state index >= 15 is 0 Å². The van der Waals surface area contributed by atoms with E-state index in [4.69, 9.17) is 0 Å². The van der Waals surface area contributed by atoms with E-state index in [2.05, 4.69) is 4.90 Å². The molecule has 0 aromatic rings. The van der Waals surface area contributed by atoms with Crippen LogP contribution in [0.4, 0.5) is 0 Å². The first-order valence-corrected chi connectivity index (χ1v) is 7.75. The Bertz CT molecular complexity index is 292. The van der Waals surface area contributed by atoms with Gasteiger partial charge in [-0.05, 0) is 39.7 Å². The molecule has 0 radical (unpaired) electrons. The van der Waals surface area contributed by atoms with Crippen molar-refractivity contribution >= 4 is 9.84 Å². The van der Waals surface area contributed by atoms with Gasteiger partial charge < -0.3 is 10.0 Å². The molecule has 1 aliphatic heterocycles. The van der Waals surface area contributed by atoms with Gasteiger partial charge in [0, 0.05) is 13.1 Å². The quantitative estimate of drug-likeness (QED) is 0.777. The van der Waals surface area contributed by atoms with Crippen molar-refractivity contribution in [2.45, 2.75) is 44.5 Å². The molecule has 0 aromatic carbocycles. The monoisotopic (exact) mass is 249 g/mol. The minimum Gasteiger partial charge on any atom is -0.393 e. The number of piperidine rings is 1. The van der Waals surface area contributed by atoms with Gasteiger partial charge in [0.05, 0.1) is 17.1 Å². The van der Waals surface area contributed by atoms with Crippen LogP contribution in [0.1, 0.15) is 33.1 Å². The Hall–Kier alpha value is -0.130. The van der Waals surface area contributed by atoms with E-state index in [9.17, 15) is 13.5 Å². The van der Waals surface area contributed by atoms with Crippen LogP contribution in [0.2, 0.25) is 0 Å². The fourth-order valence-corrected chi connectivity index (χ4v) is 2.87. The number of hydrogen-bond acceptors (Lipinski definition) is 4. The van der Waals surface area contributed by atoms with Crippen molar-refractivity contribution in [1.82, 2.24) is 4.90 Å². The van der Waals surface area contributed by atoms with Crippen LogP contribution < -0.4 is 0 Å². The number of rotatable bonds is 5. The highest BCUT2D eigenvalue weighted by Gasteiger charge is 2.19. The largest absolute Gasteiger partial charge is 0.393 e. The van der Waals surface area contributed by atoms with Gasteiger partial charge in [-0.1, -0.05) is 0 Å². The molecule has 0 bridgehead atoms. The van der Waals surface area contributed by atoms with E-state index in [-0.39, 0.29) is 17.1 Å². The van der Waals surface area contributed by atoms with Gasteiger partial charge in [-0.25, -0.2) is 8.42 Å². The maximum absolute atomic E-state index is 11.6. The van der Waals surface area contributed by atoms with Crippen LogP contribution in [0.5, 0.6) is 0 Å². The normalized spacial score (nSPS) is 20.5. The third-order valence-corrected chi connectivity index (χ3v) is 5.47. The average molecular weight is 249 g/mol. The van der Waals surface area contributed by atoms with Crippen molar-refractivity contribution in [2.24, 2.45) is 0 Å². The van der Waals surface area contributed by atoms with Crippen LogP contribution in [0.3, 0.4) is 0 Å². The molecule has 0 saturated carbocycles. The molecule has 0 unspecified atom stereocenters. The molecule has 0 spiro atoms. The fraction of sp³-hybridized carbons (Fsp3) is 1.00. The highest BCUT2D eigenvalue weighted by atomic mass is 32.2. The van der Waals surface area contributed by atoms with Crippen LogP contribution >= 0.6 is 0 Å². The molecule has 96 valence electrons. The van der Waals surface area contributed by atoms with Crippen LogP contribution in [-0.4, -0.2) is 55.2 Å². The van der Waals surface area contributed by atoms with E-state index < -0.39 is 9.84 Å². The maximum Gasteiger partial charge on any atom is 0.152 e. The van der Waals surface area contributed by atoms with Gasteiger partial charge in [0.1, 0.15) is 0 Å². The second-order valence-corrected chi connectivity index (χ2v) is 7.52. The van der Waals surface area contributed by atoms with E-state index in [0.717, 1.165) is 32.5 Å². The Balaban J connectivity index is 2.21.